The summed E-state index contributed by atoms with van der Waals surface area (Å²) in [4.78, 5) is 21.8. The van der Waals surface area contributed by atoms with Crippen LogP contribution in [0.1, 0.15) is 33.8 Å². The van der Waals surface area contributed by atoms with E-state index < -0.39 is 0 Å². The molecule has 0 unspecified atom stereocenters. The molecule has 3 rings (SSSR count). The molecule has 0 aliphatic heterocycles. The molecule has 2 aromatic heterocycles. The maximum Gasteiger partial charge on any atom is 0.259 e. The van der Waals surface area contributed by atoms with Crippen LogP contribution >= 0.6 is 22.9 Å². The normalized spacial score (nSPS) is 13.8. The summed E-state index contributed by atoms with van der Waals surface area (Å²) in [6.45, 7) is 0. The van der Waals surface area contributed by atoms with Gasteiger partial charge in [-0.15, -0.1) is 11.3 Å². The Morgan fingerprint density at radius 1 is 1.40 bits per heavy atom. The largest absolute Gasteiger partial charge is 0.397 e. The lowest BCUT2D eigenvalue weighted by Crippen LogP contribution is -2.14. The number of nitrogens with two attached hydrogens (primary N) is 1. The van der Waals surface area contributed by atoms with Crippen LogP contribution < -0.4 is 11.1 Å². The summed E-state index contributed by atoms with van der Waals surface area (Å²) < 4.78 is 0. The highest BCUT2D eigenvalue weighted by Gasteiger charge is 2.18. The number of nitrogens with zero attached hydrogens (tertiary/aromatic N) is 2. The number of amides is 1. The van der Waals surface area contributed by atoms with Crippen LogP contribution in [0.3, 0.4) is 0 Å². The summed E-state index contributed by atoms with van der Waals surface area (Å²) >= 11 is 7.32. The third-order valence-corrected chi connectivity index (χ3v) is 4.49. The minimum Gasteiger partial charge on any atom is -0.397 e. The number of carbonyl (C=O) groups is 1. The van der Waals surface area contributed by atoms with Gasteiger partial charge in [-0.3, -0.25) is 10.1 Å². The van der Waals surface area contributed by atoms with Gasteiger partial charge in [-0.25, -0.2) is 9.97 Å². The van der Waals surface area contributed by atoms with Gasteiger partial charge in [0.2, 0.25) is 0 Å². The van der Waals surface area contributed by atoms with Crippen molar-refractivity contribution in [3.8, 4) is 0 Å². The maximum atomic E-state index is 12.2. The molecule has 0 atom stereocenters. The number of anilines is 2. The molecule has 0 saturated carbocycles. The van der Waals surface area contributed by atoms with Gasteiger partial charge in [-0.05, 0) is 31.7 Å². The Morgan fingerprint density at radius 3 is 3.00 bits per heavy atom. The Morgan fingerprint density at radius 2 is 2.20 bits per heavy atom. The van der Waals surface area contributed by atoms with Crippen LogP contribution in [0.2, 0.25) is 5.15 Å². The standard InChI is InChI=1S/C13H13ClN4OS/c14-11-5-7(8(15)6-16-11)12(19)18-13-17-9-3-1-2-4-10(9)20-13/h5-6H,1-4,15H2,(H,17,18,19). The van der Waals surface area contributed by atoms with Crippen LogP contribution in [0.4, 0.5) is 10.8 Å². The van der Waals surface area contributed by atoms with Gasteiger partial charge < -0.3 is 5.73 Å². The van der Waals surface area contributed by atoms with Gasteiger partial charge in [0.1, 0.15) is 5.15 Å². The molecular weight excluding hydrogens is 296 g/mol. The highest BCUT2D eigenvalue weighted by atomic mass is 35.5. The molecular formula is C13H13ClN4OS. The number of pyridine rings is 1. The average molecular weight is 309 g/mol. The summed E-state index contributed by atoms with van der Waals surface area (Å²) in [6, 6.07) is 1.46. The zero-order valence-electron chi connectivity index (χ0n) is 10.6. The molecule has 0 radical (unpaired) electrons. The summed E-state index contributed by atoms with van der Waals surface area (Å²) in [5.74, 6) is -0.308. The lowest BCUT2D eigenvalue weighted by Gasteiger charge is -2.06. The minimum atomic E-state index is -0.308. The van der Waals surface area contributed by atoms with Crippen molar-refractivity contribution in [1.82, 2.24) is 9.97 Å². The van der Waals surface area contributed by atoms with E-state index in [0.29, 0.717) is 16.4 Å². The molecule has 20 heavy (non-hydrogen) atoms. The second-order valence-corrected chi connectivity index (χ2v) is 6.12. The van der Waals surface area contributed by atoms with Crippen molar-refractivity contribution in [2.24, 2.45) is 0 Å². The van der Waals surface area contributed by atoms with Crippen LogP contribution in [-0.4, -0.2) is 15.9 Å². The van der Waals surface area contributed by atoms with Crippen LogP contribution in [0.25, 0.3) is 0 Å². The Hall–Kier alpha value is -1.66. The van der Waals surface area contributed by atoms with Gasteiger partial charge in [-0.2, -0.15) is 0 Å². The second-order valence-electron chi connectivity index (χ2n) is 4.64. The van der Waals surface area contributed by atoms with Crippen molar-refractivity contribution in [3.05, 3.63) is 33.6 Å². The van der Waals surface area contributed by atoms with E-state index in [1.165, 1.54) is 34.9 Å². The van der Waals surface area contributed by atoms with E-state index >= 15 is 0 Å². The lowest BCUT2D eigenvalue weighted by atomic mass is 10.0. The number of nitrogen functional groups attached to an aromatic ring is 1. The number of halogens is 1. The van der Waals surface area contributed by atoms with Crippen LogP contribution in [0.5, 0.6) is 0 Å². The van der Waals surface area contributed by atoms with Crippen molar-refractivity contribution >= 4 is 39.7 Å². The smallest absolute Gasteiger partial charge is 0.259 e. The summed E-state index contributed by atoms with van der Waals surface area (Å²) in [5, 5.41) is 3.64. The first-order chi connectivity index (χ1) is 9.63. The number of fused-ring (bicyclic) bond motifs is 1. The van der Waals surface area contributed by atoms with E-state index in [-0.39, 0.29) is 11.1 Å². The number of nitrogens with one attached hydrogen (secondary N) is 1. The molecule has 1 aliphatic rings. The highest BCUT2D eigenvalue weighted by molar-refractivity contribution is 7.15. The zero-order valence-corrected chi connectivity index (χ0v) is 12.2. The van der Waals surface area contributed by atoms with Crippen molar-refractivity contribution in [3.63, 3.8) is 0 Å². The van der Waals surface area contributed by atoms with E-state index in [9.17, 15) is 4.79 Å². The number of hydrogen-bond acceptors (Lipinski definition) is 5. The van der Waals surface area contributed by atoms with Crippen molar-refractivity contribution in [2.45, 2.75) is 25.7 Å². The van der Waals surface area contributed by atoms with Crippen molar-refractivity contribution in [2.75, 3.05) is 11.1 Å². The van der Waals surface area contributed by atoms with Gasteiger partial charge in [0.05, 0.1) is 23.1 Å². The Bertz CT molecular complexity index is 647. The predicted octanol–water partition coefficient (Wildman–Crippen LogP) is 2.90. The maximum absolute atomic E-state index is 12.2. The van der Waals surface area contributed by atoms with Gasteiger partial charge in [-0.1, -0.05) is 11.6 Å². The van der Waals surface area contributed by atoms with E-state index in [0.717, 1.165) is 25.0 Å². The minimum absolute atomic E-state index is 0.239. The van der Waals surface area contributed by atoms with Crippen LogP contribution in [-0.2, 0) is 12.8 Å². The fourth-order valence-corrected chi connectivity index (χ4v) is 3.41. The quantitative estimate of drug-likeness (QED) is 0.836. The number of carbonyl (C=O) groups excluding carboxylic acids is 1. The first kappa shape index (κ1) is 13.3. The molecule has 5 nitrogen and oxygen atoms in total. The molecule has 0 spiro atoms. The second kappa shape index (κ2) is 5.38. The van der Waals surface area contributed by atoms with E-state index in [1.807, 2.05) is 0 Å². The summed E-state index contributed by atoms with van der Waals surface area (Å²) in [5.41, 5.74) is 7.47. The van der Waals surface area contributed by atoms with Crippen LogP contribution in [0.15, 0.2) is 12.3 Å². The molecule has 2 heterocycles. The molecule has 3 N–H and O–H groups in total. The third-order valence-electron chi connectivity index (χ3n) is 3.21. The number of hydrogen-bond donors (Lipinski definition) is 2. The fourth-order valence-electron chi connectivity index (χ4n) is 2.21. The van der Waals surface area contributed by atoms with Crippen molar-refractivity contribution < 1.29 is 4.79 Å². The van der Waals surface area contributed by atoms with E-state index in [2.05, 4.69) is 15.3 Å². The van der Waals surface area contributed by atoms with E-state index in [4.69, 9.17) is 17.3 Å². The van der Waals surface area contributed by atoms with E-state index in [1.54, 1.807) is 0 Å². The molecule has 0 bridgehead atoms. The highest BCUT2D eigenvalue weighted by Crippen LogP contribution is 2.30. The van der Waals surface area contributed by atoms with Crippen LogP contribution in [0, 0.1) is 0 Å². The molecule has 1 aliphatic carbocycles. The monoisotopic (exact) mass is 308 g/mol. The summed E-state index contributed by atoms with van der Waals surface area (Å²) in [7, 11) is 0. The Kier molecular flexibility index (Phi) is 3.58. The van der Waals surface area contributed by atoms with Gasteiger partial charge in [0.15, 0.2) is 5.13 Å². The molecule has 104 valence electrons. The fraction of sp³-hybridized carbons (Fsp3) is 0.308. The Labute approximate surface area is 125 Å². The first-order valence-electron chi connectivity index (χ1n) is 6.34. The molecule has 0 aromatic carbocycles. The first-order valence-corrected chi connectivity index (χ1v) is 7.54. The van der Waals surface area contributed by atoms with Crippen molar-refractivity contribution in [1.29, 1.82) is 0 Å². The number of aryl methyl sites for hydroxylation is 2. The SMILES string of the molecule is Nc1cnc(Cl)cc1C(=O)Nc1nc2c(s1)CCCC2. The van der Waals surface area contributed by atoms with Gasteiger partial charge in [0, 0.05) is 4.88 Å². The molecule has 2 aromatic rings. The molecule has 0 saturated heterocycles. The lowest BCUT2D eigenvalue weighted by molar-refractivity contribution is 0.102. The number of aromatic nitrogens is 2. The number of rotatable bonds is 2. The predicted molar refractivity (Wildman–Crippen MR) is 80.4 cm³/mol. The third kappa shape index (κ3) is 2.62. The summed E-state index contributed by atoms with van der Waals surface area (Å²) in [6.07, 6.45) is 5.77. The van der Waals surface area contributed by atoms with Gasteiger partial charge >= 0.3 is 0 Å². The Balaban J connectivity index is 1.82. The molecule has 1 amide bonds. The average Bonchev–Trinajstić information content (AvgIpc) is 2.83. The molecule has 0 fully saturated rings. The van der Waals surface area contributed by atoms with Gasteiger partial charge in [0.25, 0.3) is 5.91 Å². The zero-order chi connectivity index (χ0) is 14.1. The topological polar surface area (TPSA) is 80.9 Å². The molecule has 7 heteroatoms. The number of thiazole rings is 1.